The van der Waals surface area contributed by atoms with Crippen molar-refractivity contribution < 1.29 is 14.3 Å². The zero-order valence-electron chi connectivity index (χ0n) is 9.16. The molecule has 0 saturated carbocycles. The third-order valence-electron chi connectivity index (χ3n) is 2.01. The Morgan fingerprint density at radius 2 is 2.41 bits per heavy atom. The van der Waals surface area contributed by atoms with Crippen LogP contribution in [0.15, 0.2) is 21.9 Å². The summed E-state index contributed by atoms with van der Waals surface area (Å²) >= 11 is 1.51. The summed E-state index contributed by atoms with van der Waals surface area (Å²) in [6, 6.07) is 3.79. The molecular formula is C10H11N3O3S. The van der Waals surface area contributed by atoms with Crippen LogP contribution in [0.2, 0.25) is 0 Å². The highest BCUT2D eigenvalue weighted by Gasteiger charge is 2.12. The molecule has 17 heavy (non-hydrogen) atoms. The molecule has 0 aliphatic heterocycles. The lowest BCUT2D eigenvalue weighted by molar-refractivity contribution is -0.138. The van der Waals surface area contributed by atoms with Crippen molar-refractivity contribution in [1.29, 1.82) is 0 Å². The first kappa shape index (κ1) is 11.7. The van der Waals surface area contributed by atoms with Crippen LogP contribution in [-0.4, -0.2) is 39.8 Å². The monoisotopic (exact) mass is 253 g/mol. The van der Waals surface area contributed by atoms with Crippen molar-refractivity contribution in [2.24, 2.45) is 0 Å². The van der Waals surface area contributed by atoms with Crippen LogP contribution >= 0.6 is 11.3 Å². The maximum atomic E-state index is 10.5. The van der Waals surface area contributed by atoms with Gasteiger partial charge >= 0.3 is 5.97 Å². The standard InChI is InChI=1S/C10H11N3O3S/c1-13(6-9(14)15)5-8-11-12-10(16-8)7-3-2-4-17-7/h2-4H,5-6H2,1H3,(H,14,15). The molecule has 0 bridgehead atoms. The number of carboxylic acids is 1. The molecule has 90 valence electrons. The maximum absolute atomic E-state index is 10.5. The second-order valence-corrected chi connectivity index (χ2v) is 4.49. The van der Waals surface area contributed by atoms with E-state index in [0.717, 1.165) is 4.88 Å². The Morgan fingerprint density at radius 1 is 1.59 bits per heavy atom. The number of hydrogen-bond acceptors (Lipinski definition) is 6. The predicted molar refractivity (Wildman–Crippen MR) is 61.6 cm³/mol. The fraction of sp³-hybridized carbons (Fsp3) is 0.300. The van der Waals surface area contributed by atoms with Crippen LogP contribution in [0.25, 0.3) is 10.8 Å². The van der Waals surface area contributed by atoms with E-state index in [0.29, 0.717) is 18.3 Å². The Balaban J connectivity index is 2.01. The fourth-order valence-electron chi connectivity index (χ4n) is 1.34. The van der Waals surface area contributed by atoms with Crippen molar-refractivity contribution in [2.75, 3.05) is 13.6 Å². The van der Waals surface area contributed by atoms with Gasteiger partial charge in [-0.1, -0.05) is 6.07 Å². The highest BCUT2D eigenvalue weighted by Crippen LogP contribution is 2.23. The van der Waals surface area contributed by atoms with Crippen LogP contribution in [0, 0.1) is 0 Å². The Morgan fingerprint density at radius 3 is 3.06 bits per heavy atom. The van der Waals surface area contributed by atoms with E-state index in [1.165, 1.54) is 11.3 Å². The van der Waals surface area contributed by atoms with Crippen LogP contribution in [0.4, 0.5) is 0 Å². The Bertz CT molecular complexity index is 495. The van der Waals surface area contributed by atoms with E-state index in [2.05, 4.69) is 10.2 Å². The van der Waals surface area contributed by atoms with Crippen molar-refractivity contribution in [3.63, 3.8) is 0 Å². The highest BCUT2D eigenvalue weighted by atomic mass is 32.1. The summed E-state index contributed by atoms with van der Waals surface area (Å²) in [5, 5.41) is 18.3. The van der Waals surface area contributed by atoms with E-state index in [9.17, 15) is 4.79 Å². The van der Waals surface area contributed by atoms with Crippen molar-refractivity contribution in [3.8, 4) is 10.8 Å². The zero-order valence-corrected chi connectivity index (χ0v) is 9.98. The van der Waals surface area contributed by atoms with E-state index in [1.54, 1.807) is 11.9 Å². The molecule has 1 N–H and O–H groups in total. The summed E-state index contributed by atoms with van der Waals surface area (Å²) in [6.45, 7) is 0.265. The quantitative estimate of drug-likeness (QED) is 0.865. The Kier molecular flexibility index (Phi) is 3.50. The number of aromatic nitrogens is 2. The summed E-state index contributed by atoms with van der Waals surface area (Å²) in [6.07, 6.45) is 0. The van der Waals surface area contributed by atoms with Gasteiger partial charge in [0.2, 0.25) is 5.89 Å². The molecule has 2 aromatic rings. The largest absolute Gasteiger partial charge is 0.480 e. The molecule has 0 atom stereocenters. The molecule has 0 aliphatic carbocycles. The first-order valence-electron chi connectivity index (χ1n) is 4.92. The van der Waals surface area contributed by atoms with Gasteiger partial charge in [-0.25, -0.2) is 0 Å². The third-order valence-corrected chi connectivity index (χ3v) is 2.87. The van der Waals surface area contributed by atoms with Gasteiger partial charge in [0.15, 0.2) is 0 Å². The number of hydrogen-bond donors (Lipinski definition) is 1. The van der Waals surface area contributed by atoms with Crippen LogP contribution in [0.5, 0.6) is 0 Å². The topological polar surface area (TPSA) is 79.5 Å². The zero-order chi connectivity index (χ0) is 12.3. The average Bonchev–Trinajstić information content (AvgIpc) is 2.84. The van der Waals surface area contributed by atoms with E-state index >= 15 is 0 Å². The van der Waals surface area contributed by atoms with Crippen LogP contribution in [0.1, 0.15) is 5.89 Å². The molecule has 6 nitrogen and oxygen atoms in total. The molecule has 7 heteroatoms. The lowest BCUT2D eigenvalue weighted by Crippen LogP contribution is -2.25. The van der Waals surface area contributed by atoms with Gasteiger partial charge in [-0.2, -0.15) is 0 Å². The summed E-state index contributed by atoms with van der Waals surface area (Å²) in [7, 11) is 1.68. The molecule has 0 aliphatic rings. The van der Waals surface area contributed by atoms with Gasteiger partial charge in [0, 0.05) is 0 Å². The van der Waals surface area contributed by atoms with Gasteiger partial charge in [0.05, 0.1) is 18.0 Å². The molecule has 0 fully saturated rings. The van der Waals surface area contributed by atoms with Gasteiger partial charge in [-0.05, 0) is 18.5 Å². The van der Waals surface area contributed by atoms with Gasteiger partial charge < -0.3 is 9.52 Å². The molecule has 0 amide bonds. The minimum Gasteiger partial charge on any atom is -0.480 e. The SMILES string of the molecule is CN(CC(=O)O)Cc1nnc(-c2cccs2)o1. The molecule has 0 unspecified atom stereocenters. The van der Waals surface area contributed by atoms with Crippen LogP contribution < -0.4 is 0 Å². The lowest BCUT2D eigenvalue weighted by atomic mass is 10.5. The van der Waals surface area contributed by atoms with Crippen LogP contribution in [0.3, 0.4) is 0 Å². The number of nitrogens with zero attached hydrogens (tertiary/aromatic N) is 3. The summed E-state index contributed by atoms with van der Waals surface area (Å²) in [5.74, 6) is 0.00127. The first-order chi connectivity index (χ1) is 8.15. The molecule has 0 aromatic carbocycles. The van der Waals surface area contributed by atoms with Gasteiger partial charge in [-0.15, -0.1) is 21.5 Å². The molecule has 2 rings (SSSR count). The molecule has 0 radical (unpaired) electrons. The Labute approximate surface area is 102 Å². The van der Waals surface area contributed by atoms with Gasteiger partial charge in [-0.3, -0.25) is 9.69 Å². The Hall–Kier alpha value is -1.73. The molecule has 0 spiro atoms. The first-order valence-corrected chi connectivity index (χ1v) is 5.79. The third kappa shape index (κ3) is 3.11. The minimum absolute atomic E-state index is 0.0588. The normalized spacial score (nSPS) is 10.9. The van der Waals surface area contributed by atoms with Gasteiger partial charge in [0.25, 0.3) is 5.89 Å². The lowest BCUT2D eigenvalue weighted by Gasteiger charge is -2.09. The number of carboxylic acid groups (broad SMARTS) is 1. The maximum Gasteiger partial charge on any atom is 0.317 e. The minimum atomic E-state index is -0.884. The number of carbonyl (C=O) groups is 1. The van der Waals surface area contributed by atoms with Gasteiger partial charge in [0.1, 0.15) is 0 Å². The highest BCUT2D eigenvalue weighted by molar-refractivity contribution is 7.13. The number of rotatable bonds is 5. The predicted octanol–water partition coefficient (Wildman–Crippen LogP) is 1.31. The van der Waals surface area contributed by atoms with E-state index in [4.69, 9.17) is 9.52 Å². The molecule has 2 aromatic heterocycles. The number of aliphatic carboxylic acids is 1. The summed E-state index contributed by atoms with van der Waals surface area (Å²) < 4.78 is 5.43. The average molecular weight is 253 g/mol. The van der Waals surface area contributed by atoms with Crippen molar-refractivity contribution in [3.05, 3.63) is 23.4 Å². The van der Waals surface area contributed by atoms with Crippen molar-refractivity contribution >= 4 is 17.3 Å². The number of thiophene rings is 1. The molecular weight excluding hydrogens is 242 g/mol. The fourth-order valence-corrected chi connectivity index (χ4v) is 1.98. The summed E-state index contributed by atoms with van der Waals surface area (Å²) in [5.41, 5.74) is 0. The van der Waals surface area contributed by atoms with Crippen molar-refractivity contribution in [2.45, 2.75) is 6.54 Å². The van der Waals surface area contributed by atoms with Crippen LogP contribution in [-0.2, 0) is 11.3 Å². The molecule has 2 heterocycles. The number of likely N-dealkylation sites (N-methyl/N-ethyl adjacent to an activating group) is 1. The van der Waals surface area contributed by atoms with Crippen molar-refractivity contribution in [1.82, 2.24) is 15.1 Å². The van der Waals surface area contributed by atoms with E-state index in [1.807, 2.05) is 17.5 Å². The second-order valence-electron chi connectivity index (χ2n) is 3.54. The second kappa shape index (κ2) is 5.07. The van der Waals surface area contributed by atoms with E-state index < -0.39 is 5.97 Å². The van der Waals surface area contributed by atoms with E-state index in [-0.39, 0.29) is 6.54 Å². The smallest absolute Gasteiger partial charge is 0.317 e. The summed E-state index contributed by atoms with van der Waals surface area (Å²) in [4.78, 5) is 13.0. The molecule has 0 saturated heterocycles.